The fourth-order valence-electron chi connectivity index (χ4n) is 2.51. The van der Waals surface area contributed by atoms with Crippen LogP contribution in [0.2, 0.25) is 0 Å². The molecular formula is C19H17FN2. The van der Waals surface area contributed by atoms with E-state index in [0.717, 1.165) is 32.9 Å². The van der Waals surface area contributed by atoms with Crippen LogP contribution in [0.5, 0.6) is 0 Å². The smallest absolute Gasteiger partial charge is 0.0997 e. The van der Waals surface area contributed by atoms with E-state index in [9.17, 15) is 4.39 Å². The lowest BCUT2D eigenvalue weighted by Crippen LogP contribution is -1.81. The lowest BCUT2D eigenvalue weighted by atomic mass is 10.0. The molecule has 0 radical (unpaired) electrons. The maximum absolute atomic E-state index is 13.3. The Hall–Kier alpha value is -2.68. The molecule has 1 aromatic carbocycles. The number of hydrogen-bond acceptors (Lipinski definition) is 1. The Morgan fingerprint density at radius 3 is 2.86 bits per heavy atom. The predicted molar refractivity (Wildman–Crippen MR) is 91.3 cm³/mol. The molecule has 0 fully saturated rings. The zero-order valence-corrected chi connectivity index (χ0v) is 12.4. The number of H-pyrrole nitrogens is 1. The van der Waals surface area contributed by atoms with Crippen molar-refractivity contribution in [3.8, 4) is 0 Å². The molecule has 110 valence electrons. The minimum atomic E-state index is -0.142. The highest BCUT2D eigenvalue weighted by molar-refractivity contribution is 6.07. The first kappa shape index (κ1) is 14.3. The molecule has 0 bridgehead atoms. The fraction of sp³-hybridized carbons (Fsp3) is 0.105. The second kappa shape index (κ2) is 5.98. The largest absolute Gasteiger partial charge is 0.354 e. The molecule has 3 aromatic rings. The van der Waals surface area contributed by atoms with Crippen molar-refractivity contribution in [1.29, 1.82) is 0 Å². The number of pyridine rings is 1. The third-order valence-corrected chi connectivity index (χ3v) is 3.73. The molecule has 1 N–H and O–H groups in total. The first-order valence-electron chi connectivity index (χ1n) is 7.27. The van der Waals surface area contributed by atoms with Crippen molar-refractivity contribution in [3.05, 3.63) is 72.9 Å². The van der Waals surface area contributed by atoms with Crippen LogP contribution in [0.25, 0.3) is 27.4 Å². The second-order valence-corrected chi connectivity index (χ2v) is 5.10. The fourth-order valence-corrected chi connectivity index (χ4v) is 2.51. The molecule has 22 heavy (non-hydrogen) atoms. The van der Waals surface area contributed by atoms with Gasteiger partial charge in [0.15, 0.2) is 0 Å². The van der Waals surface area contributed by atoms with Gasteiger partial charge in [0.2, 0.25) is 0 Å². The quantitative estimate of drug-likeness (QED) is 0.627. The van der Waals surface area contributed by atoms with E-state index in [1.807, 2.05) is 18.3 Å². The van der Waals surface area contributed by atoms with Crippen molar-refractivity contribution < 1.29 is 4.39 Å². The molecule has 0 spiro atoms. The minimum Gasteiger partial charge on any atom is -0.354 e. The Morgan fingerprint density at radius 1 is 1.23 bits per heavy atom. The van der Waals surface area contributed by atoms with Gasteiger partial charge in [-0.3, -0.25) is 4.98 Å². The third kappa shape index (κ3) is 2.58. The summed E-state index contributed by atoms with van der Waals surface area (Å²) in [6.45, 7) is 5.61. The third-order valence-electron chi connectivity index (χ3n) is 3.73. The van der Waals surface area contributed by atoms with Crippen LogP contribution in [0.3, 0.4) is 0 Å². The van der Waals surface area contributed by atoms with E-state index in [4.69, 9.17) is 0 Å². The summed E-state index contributed by atoms with van der Waals surface area (Å²) in [6.07, 6.45) is 9.02. The molecule has 0 saturated heterocycles. The Bertz CT molecular complexity index is 900. The van der Waals surface area contributed by atoms with Gasteiger partial charge >= 0.3 is 0 Å². The van der Waals surface area contributed by atoms with E-state index in [1.165, 1.54) is 6.08 Å². The zero-order valence-electron chi connectivity index (χ0n) is 12.4. The Morgan fingerprint density at radius 2 is 2.09 bits per heavy atom. The van der Waals surface area contributed by atoms with E-state index in [1.54, 1.807) is 25.3 Å². The van der Waals surface area contributed by atoms with E-state index < -0.39 is 0 Å². The van der Waals surface area contributed by atoms with Crippen LogP contribution in [-0.4, -0.2) is 9.97 Å². The summed E-state index contributed by atoms with van der Waals surface area (Å²) in [5, 5.41) is 2.23. The first-order chi connectivity index (χ1) is 10.7. The standard InChI is InChI=1S/C19H17FN2/c1-3-13(5-7-15(20)4-2)14-6-8-16-17-12-21-10-9-18(17)22-19(16)11-14/h3,5-12,22H,1,4H2,2H3/b13-5+,15-7+. The van der Waals surface area contributed by atoms with Gasteiger partial charge in [0, 0.05) is 34.2 Å². The van der Waals surface area contributed by atoms with E-state index >= 15 is 0 Å². The van der Waals surface area contributed by atoms with Crippen molar-refractivity contribution in [2.24, 2.45) is 0 Å². The average Bonchev–Trinajstić information content (AvgIpc) is 2.93. The first-order valence-corrected chi connectivity index (χ1v) is 7.27. The molecule has 0 aliphatic rings. The Labute approximate surface area is 128 Å². The van der Waals surface area contributed by atoms with Crippen molar-refractivity contribution in [2.75, 3.05) is 0 Å². The number of allylic oxidation sites excluding steroid dienone is 5. The van der Waals surface area contributed by atoms with Crippen molar-refractivity contribution in [3.63, 3.8) is 0 Å². The van der Waals surface area contributed by atoms with Gasteiger partial charge in [0.1, 0.15) is 0 Å². The van der Waals surface area contributed by atoms with E-state index in [-0.39, 0.29) is 5.83 Å². The molecule has 2 aromatic heterocycles. The molecule has 0 atom stereocenters. The summed E-state index contributed by atoms with van der Waals surface area (Å²) >= 11 is 0. The lowest BCUT2D eigenvalue weighted by Gasteiger charge is -2.02. The molecule has 0 aliphatic carbocycles. The Balaban J connectivity index is 2.11. The van der Waals surface area contributed by atoms with Gasteiger partial charge < -0.3 is 4.98 Å². The summed E-state index contributed by atoms with van der Waals surface area (Å²) in [6, 6.07) is 8.09. The van der Waals surface area contributed by atoms with Gasteiger partial charge in [0.05, 0.1) is 5.83 Å². The molecule has 2 heterocycles. The van der Waals surface area contributed by atoms with Crippen LogP contribution in [-0.2, 0) is 0 Å². The van der Waals surface area contributed by atoms with Gasteiger partial charge in [-0.1, -0.05) is 37.8 Å². The molecule has 3 rings (SSSR count). The monoisotopic (exact) mass is 292 g/mol. The number of benzene rings is 1. The summed E-state index contributed by atoms with van der Waals surface area (Å²) in [7, 11) is 0. The van der Waals surface area contributed by atoms with Crippen molar-refractivity contribution in [1.82, 2.24) is 9.97 Å². The van der Waals surface area contributed by atoms with Crippen molar-refractivity contribution >= 4 is 27.4 Å². The maximum Gasteiger partial charge on any atom is 0.0997 e. The average molecular weight is 292 g/mol. The summed E-state index contributed by atoms with van der Waals surface area (Å²) in [5.74, 6) is -0.142. The van der Waals surface area contributed by atoms with Gasteiger partial charge in [0.25, 0.3) is 0 Å². The number of halogens is 1. The molecule has 0 saturated carbocycles. The van der Waals surface area contributed by atoms with Gasteiger partial charge in [-0.05, 0) is 35.8 Å². The molecule has 0 unspecified atom stereocenters. The van der Waals surface area contributed by atoms with Gasteiger partial charge in [-0.2, -0.15) is 0 Å². The second-order valence-electron chi connectivity index (χ2n) is 5.10. The van der Waals surface area contributed by atoms with Crippen LogP contribution in [0, 0.1) is 0 Å². The van der Waals surface area contributed by atoms with Crippen LogP contribution < -0.4 is 0 Å². The van der Waals surface area contributed by atoms with Crippen LogP contribution in [0.1, 0.15) is 18.9 Å². The van der Waals surface area contributed by atoms with Crippen LogP contribution in [0.15, 0.2) is 67.3 Å². The number of rotatable bonds is 4. The zero-order chi connectivity index (χ0) is 15.5. The molecule has 2 nitrogen and oxygen atoms in total. The highest BCUT2D eigenvalue weighted by Gasteiger charge is 2.06. The molecular weight excluding hydrogens is 275 g/mol. The Kier molecular flexibility index (Phi) is 3.88. The highest BCUT2D eigenvalue weighted by Crippen LogP contribution is 2.27. The number of hydrogen-bond donors (Lipinski definition) is 1. The number of aromatic amines is 1. The normalized spacial score (nSPS) is 13.0. The molecule has 3 heteroatoms. The SMILES string of the molecule is C=C/C(=C\C=C(\F)CC)c1ccc2c(c1)[nH]c1ccncc12. The van der Waals surface area contributed by atoms with E-state index in [0.29, 0.717) is 6.42 Å². The summed E-state index contributed by atoms with van der Waals surface area (Å²) in [5.41, 5.74) is 3.99. The summed E-state index contributed by atoms with van der Waals surface area (Å²) in [4.78, 5) is 7.55. The number of fused-ring (bicyclic) bond motifs is 3. The van der Waals surface area contributed by atoms with Gasteiger partial charge in [-0.15, -0.1) is 0 Å². The lowest BCUT2D eigenvalue weighted by molar-refractivity contribution is 0.605. The molecule has 0 aliphatic heterocycles. The van der Waals surface area contributed by atoms with Crippen LogP contribution in [0.4, 0.5) is 4.39 Å². The highest BCUT2D eigenvalue weighted by atomic mass is 19.1. The number of nitrogens with zero attached hydrogens (tertiary/aromatic N) is 1. The number of aromatic nitrogens is 2. The van der Waals surface area contributed by atoms with Gasteiger partial charge in [-0.25, -0.2) is 4.39 Å². The van der Waals surface area contributed by atoms with E-state index in [2.05, 4.69) is 28.7 Å². The maximum atomic E-state index is 13.3. The van der Waals surface area contributed by atoms with Crippen LogP contribution >= 0.6 is 0 Å². The minimum absolute atomic E-state index is 0.142. The number of nitrogens with one attached hydrogen (secondary N) is 1. The van der Waals surface area contributed by atoms with Crippen molar-refractivity contribution in [2.45, 2.75) is 13.3 Å². The predicted octanol–water partition coefficient (Wildman–Crippen LogP) is 5.55. The molecule has 0 amide bonds. The topological polar surface area (TPSA) is 28.7 Å². The summed E-state index contributed by atoms with van der Waals surface area (Å²) < 4.78 is 13.3.